The lowest BCUT2D eigenvalue weighted by Crippen LogP contribution is -2.32. The molecule has 0 spiro atoms. The molecular formula is C71H67N7O15. The van der Waals surface area contributed by atoms with Crippen molar-refractivity contribution in [3.05, 3.63) is 213 Å². The maximum Gasteiger partial charge on any atom is 0.363 e. The van der Waals surface area contributed by atoms with Crippen LogP contribution < -0.4 is 31.6 Å². The van der Waals surface area contributed by atoms with Crippen LogP contribution in [0.4, 0.5) is 11.4 Å². The number of rotatable bonds is 16. The molecule has 6 aromatic carbocycles. The summed E-state index contributed by atoms with van der Waals surface area (Å²) in [5, 5.41) is 44.1. The molecule has 0 bridgehead atoms. The van der Waals surface area contributed by atoms with Crippen LogP contribution in [0.15, 0.2) is 177 Å². The largest absolute Gasteiger partial charge is 0.478 e. The van der Waals surface area contributed by atoms with E-state index in [0.717, 1.165) is 38.6 Å². The van der Waals surface area contributed by atoms with Gasteiger partial charge in [-0.1, -0.05) is 43.8 Å². The number of anilines is 2. The van der Waals surface area contributed by atoms with E-state index in [-0.39, 0.29) is 54.6 Å². The number of benzene rings is 8. The summed E-state index contributed by atoms with van der Waals surface area (Å²) in [4.78, 5) is 114. The number of hydrogen-bond donors (Lipinski definition) is 6. The molecule has 0 radical (unpaired) electrons. The molecule has 3 amide bonds. The average molecular weight is 1260 g/mol. The minimum Gasteiger partial charge on any atom is -0.478 e. The number of nitrogens with zero attached hydrogens (tertiary/aromatic N) is 5. The molecule has 93 heavy (non-hydrogen) atoms. The third kappa shape index (κ3) is 15.1. The highest BCUT2D eigenvalue weighted by atomic mass is 16.7. The zero-order valence-electron chi connectivity index (χ0n) is 50.8. The molecule has 2 aliphatic carbocycles. The number of imide groups is 1. The first-order valence-corrected chi connectivity index (χ1v) is 28.9. The van der Waals surface area contributed by atoms with Gasteiger partial charge in [-0.3, -0.25) is 24.4 Å². The van der Waals surface area contributed by atoms with Crippen molar-refractivity contribution >= 4 is 80.9 Å². The summed E-state index contributed by atoms with van der Waals surface area (Å²) in [6.07, 6.45) is -0.0964. The van der Waals surface area contributed by atoms with Crippen molar-refractivity contribution < 1.29 is 72.5 Å². The summed E-state index contributed by atoms with van der Waals surface area (Å²) < 4.78 is 12.6. The molecule has 0 aromatic heterocycles. The van der Waals surface area contributed by atoms with Crippen molar-refractivity contribution in [1.29, 1.82) is 0 Å². The van der Waals surface area contributed by atoms with E-state index in [2.05, 4.69) is 15.3 Å². The van der Waals surface area contributed by atoms with Crippen molar-refractivity contribution in [2.45, 2.75) is 47.2 Å². The average Bonchev–Trinajstić information content (AvgIpc) is 1.06. The van der Waals surface area contributed by atoms with Gasteiger partial charge in [0.05, 0.1) is 38.5 Å². The molecule has 0 saturated carbocycles. The van der Waals surface area contributed by atoms with E-state index < -0.39 is 47.6 Å². The zero-order chi connectivity index (χ0) is 66.1. The van der Waals surface area contributed by atoms with Crippen LogP contribution in [0.2, 0.25) is 0 Å². The highest BCUT2D eigenvalue weighted by Crippen LogP contribution is 2.44. The molecule has 6 aromatic rings. The Balaban J connectivity index is 0.000000204. The van der Waals surface area contributed by atoms with Crippen LogP contribution in [0.25, 0.3) is 66.8 Å². The third-order valence-electron chi connectivity index (χ3n) is 14.9. The maximum absolute atomic E-state index is 13.0. The molecule has 0 atom stereocenters. The lowest BCUT2D eigenvalue weighted by Gasteiger charge is -2.19. The Kier molecular flexibility index (Phi) is 21.1. The first-order valence-electron chi connectivity index (χ1n) is 28.9. The third-order valence-corrected chi connectivity index (χ3v) is 14.9. The molecule has 1 saturated heterocycles. The zero-order valence-corrected chi connectivity index (χ0v) is 50.8. The second kappa shape index (κ2) is 29.2. The van der Waals surface area contributed by atoms with Gasteiger partial charge in [0, 0.05) is 141 Å². The van der Waals surface area contributed by atoms with E-state index in [1.165, 1.54) is 36.4 Å². The second-order valence-corrected chi connectivity index (χ2v) is 21.4. The van der Waals surface area contributed by atoms with Gasteiger partial charge in [0.2, 0.25) is 0 Å². The summed E-state index contributed by atoms with van der Waals surface area (Å²) in [5.74, 6) is -6.00. The number of nitrogens with two attached hydrogens (primary N) is 1. The summed E-state index contributed by atoms with van der Waals surface area (Å²) in [6.45, 7) is 5.67. The molecule has 22 nitrogen and oxygen atoms in total. The van der Waals surface area contributed by atoms with Crippen molar-refractivity contribution in [3.63, 3.8) is 0 Å². The van der Waals surface area contributed by atoms with E-state index in [9.17, 15) is 48.6 Å². The topological polar surface area (TPSA) is 325 Å². The van der Waals surface area contributed by atoms with E-state index in [0.29, 0.717) is 91.7 Å². The van der Waals surface area contributed by atoms with Crippen molar-refractivity contribution in [2.24, 2.45) is 15.7 Å². The molecule has 3 heterocycles. The summed E-state index contributed by atoms with van der Waals surface area (Å²) in [7, 11) is 7.67. The number of hydroxylamine groups is 2. The lowest BCUT2D eigenvalue weighted by molar-refractivity contribution is -0.172. The van der Waals surface area contributed by atoms with Crippen molar-refractivity contribution in [1.82, 2.24) is 10.4 Å². The minimum absolute atomic E-state index is 0. The van der Waals surface area contributed by atoms with Gasteiger partial charge in [-0.2, -0.15) is 0 Å². The Labute approximate surface area is 533 Å². The van der Waals surface area contributed by atoms with Crippen LogP contribution in [0, 0.1) is 0 Å². The van der Waals surface area contributed by atoms with Crippen LogP contribution in [0.3, 0.4) is 0 Å². The highest BCUT2D eigenvalue weighted by molar-refractivity contribution is 6.11. The van der Waals surface area contributed by atoms with E-state index in [1.807, 2.05) is 119 Å². The monoisotopic (exact) mass is 1260 g/mol. The molecule has 3 aliphatic heterocycles. The van der Waals surface area contributed by atoms with Gasteiger partial charge >= 0.3 is 29.8 Å². The van der Waals surface area contributed by atoms with E-state index in [4.69, 9.17) is 29.6 Å². The number of hydrogen-bond acceptors (Lipinski definition) is 16. The molecule has 476 valence electrons. The molecule has 22 heteroatoms. The van der Waals surface area contributed by atoms with Gasteiger partial charge in [0.15, 0.2) is 0 Å². The summed E-state index contributed by atoms with van der Waals surface area (Å²) in [6, 6.07) is 43.9. The molecule has 1 fully saturated rings. The molecule has 0 unspecified atom stereocenters. The normalized spacial score (nSPS) is 12.2. The summed E-state index contributed by atoms with van der Waals surface area (Å²) >= 11 is 0. The fourth-order valence-corrected chi connectivity index (χ4v) is 10.2. The number of fused-ring (bicyclic) bond motifs is 4. The van der Waals surface area contributed by atoms with Crippen LogP contribution in [-0.4, -0.2) is 114 Å². The Hall–Kier alpha value is -11.8. The SMILES string of the molecule is C.CCN=c1ccc2c(-c3ccc(C(=O)NCc4ccc(C(=O)O)cc4)cc3C(=O)O)c3ccc(N(C)C)cc3oc-2c1.CCN=c1ccc2c(-c3ccc(C(=O)ON4C(=O)CCC4=O)cc3C(=O)O)c3ccc(N(C)C)cc3oc-2c1.NCc1ccc(C(=O)O)cc1. The van der Waals surface area contributed by atoms with Crippen molar-refractivity contribution in [2.75, 3.05) is 51.1 Å². The predicted molar refractivity (Wildman–Crippen MR) is 350 cm³/mol. The number of amides is 3. The fourth-order valence-electron chi connectivity index (χ4n) is 10.2. The Morgan fingerprint density at radius 1 is 0.516 bits per heavy atom. The number of carbonyl (C=O) groups excluding carboxylic acids is 4. The maximum atomic E-state index is 13.0. The minimum atomic E-state index is -1.27. The smallest absolute Gasteiger partial charge is 0.363 e. The predicted octanol–water partition coefficient (Wildman–Crippen LogP) is 11.1. The number of nitrogens with one attached hydrogen (secondary N) is 1. The Bertz CT molecular complexity index is 4610. The summed E-state index contributed by atoms with van der Waals surface area (Å²) in [5.41, 5.74) is 13.8. The lowest BCUT2D eigenvalue weighted by atomic mass is 9.89. The molecular weight excluding hydrogens is 1190 g/mol. The molecule has 11 rings (SSSR count). The Morgan fingerprint density at radius 2 is 0.925 bits per heavy atom. The Morgan fingerprint density at radius 3 is 1.33 bits per heavy atom. The van der Waals surface area contributed by atoms with Gasteiger partial charge in [-0.05, 0) is 133 Å². The first-order chi connectivity index (χ1) is 44.1. The number of aromatic carboxylic acids is 4. The van der Waals surface area contributed by atoms with Gasteiger partial charge < -0.3 is 54.9 Å². The van der Waals surface area contributed by atoms with Crippen molar-refractivity contribution in [3.8, 4) is 44.9 Å². The first kappa shape index (κ1) is 67.2. The van der Waals surface area contributed by atoms with Crippen LogP contribution in [0.1, 0.15) is 107 Å². The second-order valence-electron chi connectivity index (χ2n) is 21.4. The van der Waals surface area contributed by atoms with Gasteiger partial charge in [0.25, 0.3) is 17.7 Å². The fraction of sp³-hybridized carbons (Fsp3) is 0.183. The standard InChI is InChI=1S/C33H29N3O6.C29H25N3O7.C8H9NO2.CH4/c1-4-34-22-10-13-25-28(16-22)42-29-17-23(36(2)3)11-14-26(29)30(25)24-12-9-21(15-27(24)33(40)41)31(37)35-18-19-5-7-20(8-6-19)32(38)39;1-4-30-17-6-9-20-23(14-17)38-24-15-18(31(2)3)7-10-21(24)27(20)19-8-5-16(13-22(19)28(35)36)29(37)39-32-25(33)11-12-26(32)34;9-5-6-1-3-7(4-2-6)8(10)11;/h5-17H,4,18H2,1-3H3,(H,35,37)(H,38,39)(H,40,41);5-10,13-15H,4,11-12H2,1-3H3,(H,35,36);1-4H,5,9H2,(H,10,11);1H4. The number of carboxylic acid groups (broad SMARTS) is 4. The number of carboxylic acids is 4. The van der Waals surface area contributed by atoms with Gasteiger partial charge in [-0.25, -0.2) is 24.0 Å². The van der Waals surface area contributed by atoms with Crippen LogP contribution in [-0.2, 0) is 27.5 Å². The van der Waals surface area contributed by atoms with Crippen LogP contribution in [0.5, 0.6) is 0 Å². The number of carbonyl (C=O) groups is 8. The van der Waals surface area contributed by atoms with Gasteiger partial charge in [0.1, 0.15) is 22.7 Å². The highest BCUT2D eigenvalue weighted by Gasteiger charge is 2.34. The van der Waals surface area contributed by atoms with Gasteiger partial charge in [-0.15, -0.1) is 5.06 Å². The van der Waals surface area contributed by atoms with Crippen LogP contribution >= 0.6 is 0 Å². The molecule has 7 N–H and O–H groups in total. The van der Waals surface area contributed by atoms with E-state index in [1.54, 1.807) is 54.6 Å². The molecule has 5 aliphatic rings. The quantitative estimate of drug-likeness (QED) is 0.0387. The van der Waals surface area contributed by atoms with E-state index >= 15 is 0 Å².